The Morgan fingerprint density at radius 1 is 0.882 bits per heavy atom. The fourth-order valence-corrected chi connectivity index (χ4v) is 4.95. The third-order valence-electron chi connectivity index (χ3n) is 5.38. The van der Waals surface area contributed by atoms with Gasteiger partial charge in [-0.1, -0.05) is 12.1 Å². The number of fused-ring (bicyclic) bond motifs is 1. The Labute approximate surface area is 197 Å². The zero-order chi connectivity index (χ0) is 24.3. The van der Waals surface area contributed by atoms with E-state index in [1.807, 2.05) is 0 Å². The topological polar surface area (TPSA) is 86.8 Å². The highest BCUT2D eigenvalue weighted by Gasteiger charge is 2.25. The third kappa shape index (κ3) is 4.47. The number of aromatic nitrogens is 1. The van der Waals surface area contributed by atoms with Crippen LogP contribution < -0.4 is 19.5 Å². The molecule has 9 heteroatoms. The number of ether oxygens (including phenoxy) is 3. The quantitative estimate of drug-likeness (QED) is 0.384. The molecule has 0 spiro atoms. The van der Waals surface area contributed by atoms with Gasteiger partial charge in [-0.15, -0.1) is 0 Å². The van der Waals surface area contributed by atoms with Crippen LogP contribution in [0.3, 0.4) is 0 Å². The summed E-state index contributed by atoms with van der Waals surface area (Å²) in [6.07, 6.45) is 1.32. The number of methoxy groups -OCH3 is 3. The number of nitrogens with zero attached hydrogens (tertiary/aromatic N) is 1. The molecular weight excluding hydrogens is 459 g/mol. The van der Waals surface area contributed by atoms with E-state index in [1.54, 1.807) is 36.4 Å². The molecule has 0 amide bonds. The van der Waals surface area contributed by atoms with E-state index in [0.29, 0.717) is 33.8 Å². The average Bonchev–Trinajstić information content (AvgIpc) is 2.87. The van der Waals surface area contributed by atoms with Gasteiger partial charge in [0, 0.05) is 24.2 Å². The van der Waals surface area contributed by atoms with Crippen molar-refractivity contribution in [1.29, 1.82) is 0 Å². The van der Waals surface area contributed by atoms with Gasteiger partial charge >= 0.3 is 0 Å². The van der Waals surface area contributed by atoms with Gasteiger partial charge in [-0.05, 0) is 48.0 Å². The summed E-state index contributed by atoms with van der Waals surface area (Å²) in [5, 5.41) is 3.75. The SMILES string of the molecule is COc1ccc(S(=O)(=O)c2cnc3cc(OC)c(OC)cc3c2NCc2ccc(F)cc2)cc1. The van der Waals surface area contributed by atoms with Gasteiger partial charge in [0.05, 0.1) is 37.4 Å². The smallest absolute Gasteiger partial charge is 0.210 e. The number of hydrogen-bond acceptors (Lipinski definition) is 7. The Bertz CT molecular complexity index is 1420. The Morgan fingerprint density at radius 2 is 1.53 bits per heavy atom. The van der Waals surface area contributed by atoms with E-state index in [4.69, 9.17) is 14.2 Å². The van der Waals surface area contributed by atoms with Crippen LogP contribution in [0.1, 0.15) is 5.56 Å². The fraction of sp³-hybridized carbons (Fsp3) is 0.160. The van der Waals surface area contributed by atoms with Crippen molar-refractivity contribution >= 4 is 26.4 Å². The molecule has 0 atom stereocenters. The minimum Gasteiger partial charge on any atom is -0.497 e. The number of pyridine rings is 1. The van der Waals surface area contributed by atoms with Crippen LogP contribution in [0.25, 0.3) is 10.9 Å². The molecule has 0 saturated carbocycles. The molecule has 4 aromatic rings. The van der Waals surface area contributed by atoms with Gasteiger partial charge in [-0.25, -0.2) is 12.8 Å². The zero-order valence-corrected chi connectivity index (χ0v) is 19.6. The molecule has 1 aromatic heterocycles. The van der Waals surface area contributed by atoms with E-state index >= 15 is 0 Å². The number of sulfone groups is 1. The van der Waals surface area contributed by atoms with Crippen LogP contribution in [-0.2, 0) is 16.4 Å². The molecule has 1 N–H and O–H groups in total. The van der Waals surface area contributed by atoms with Crippen molar-refractivity contribution in [2.45, 2.75) is 16.3 Å². The first-order chi connectivity index (χ1) is 16.4. The molecule has 176 valence electrons. The Hall–Kier alpha value is -3.85. The summed E-state index contributed by atoms with van der Waals surface area (Å²) < 4.78 is 56.5. The predicted molar refractivity (Wildman–Crippen MR) is 127 cm³/mol. The van der Waals surface area contributed by atoms with Gasteiger partial charge in [-0.2, -0.15) is 0 Å². The molecule has 0 aliphatic heterocycles. The number of hydrogen-bond donors (Lipinski definition) is 1. The highest BCUT2D eigenvalue weighted by atomic mass is 32.2. The molecule has 0 unspecified atom stereocenters. The molecule has 0 saturated heterocycles. The third-order valence-corrected chi connectivity index (χ3v) is 7.16. The molecule has 0 aliphatic rings. The van der Waals surface area contributed by atoms with Crippen LogP contribution in [0.5, 0.6) is 17.2 Å². The molecule has 0 bridgehead atoms. The summed E-state index contributed by atoms with van der Waals surface area (Å²) in [7, 11) is 0.579. The average molecular weight is 483 g/mol. The highest BCUT2D eigenvalue weighted by Crippen LogP contribution is 2.39. The Morgan fingerprint density at radius 3 is 2.15 bits per heavy atom. The maximum Gasteiger partial charge on any atom is 0.210 e. The number of rotatable bonds is 8. The van der Waals surface area contributed by atoms with E-state index in [0.717, 1.165) is 5.56 Å². The summed E-state index contributed by atoms with van der Waals surface area (Å²) in [6, 6.07) is 15.5. The maximum absolute atomic E-state index is 13.6. The van der Waals surface area contributed by atoms with Crippen LogP contribution >= 0.6 is 0 Å². The lowest BCUT2D eigenvalue weighted by Crippen LogP contribution is -2.10. The molecule has 1 heterocycles. The number of halogens is 1. The van der Waals surface area contributed by atoms with E-state index in [2.05, 4.69) is 10.3 Å². The standard InChI is InChI=1S/C25H23FN2O5S/c1-31-18-8-10-19(11-9-18)34(29,30)24-15-27-21-13-23(33-3)22(32-2)12-20(21)25(24)28-14-16-4-6-17(26)7-5-16/h4-13,15H,14H2,1-3H3,(H,27,28). The molecule has 0 radical (unpaired) electrons. The maximum atomic E-state index is 13.6. The van der Waals surface area contributed by atoms with E-state index in [9.17, 15) is 12.8 Å². The lowest BCUT2D eigenvalue weighted by molar-refractivity contribution is 0.356. The van der Waals surface area contributed by atoms with Gasteiger partial charge in [-0.3, -0.25) is 4.98 Å². The summed E-state index contributed by atoms with van der Waals surface area (Å²) in [5.74, 6) is 1.10. The minimum absolute atomic E-state index is 0.000464. The van der Waals surface area contributed by atoms with E-state index in [1.165, 1.54) is 51.8 Å². The molecule has 34 heavy (non-hydrogen) atoms. The number of nitrogens with one attached hydrogen (secondary N) is 1. The van der Waals surface area contributed by atoms with Crippen LogP contribution in [0.2, 0.25) is 0 Å². The first kappa shape index (κ1) is 23.3. The predicted octanol–water partition coefficient (Wildman–Crippen LogP) is 4.84. The van der Waals surface area contributed by atoms with Gasteiger partial charge in [0.2, 0.25) is 9.84 Å². The minimum atomic E-state index is -3.95. The van der Waals surface area contributed by atoms with Crippen molar-refractivity contribution in [2.75, 3.05) is 26.6 Å². The van der Waals surface area contributed by atoms with Crippen molar-refractivity contribution in [3.8, 4) is 17.2 Å². The van der Waals surface area contributed by atoms with Gasteiger partial charge in [0.1, 0.15) is 16.5 Å². The molecule has 3 aromatic carbocycles. The lowest BCUT2D eigenvalue weighted by Gasteiger charge is -2.17. The molecule has 7 nitrogen and oxygen atoms in total. The van der Waals surface area contributed by atoms with Crippen LogP contribution in [-0.4, -0.2) is 34.7 Å². The van der Waals surface area contributed by atoms with Crippen molar-refractivity contribution in [3.63, 3.8) is 0 Å². The van der Waals surface area contributed by atoms with Gasteiger partial charge in [0.25, 0.3) is 0 Å². The normalized spacial score (nSPS) is 11.3. The molecule has 0 aliphatic carbocycles. The first-order valence-corrected chi connectivity index (χ1v) is 11.8. The van der Waals surface area contributed by atoms with Crippen molar-refractivity contribution < 1.29 is 27.0 Å². The monoisotopic (exact) mass is 482 g/mol. The fourth-order valence-electron chi connectivity index (χ4n) is 3.56. The summed E-state index contributed by atoms with van der Waals surface area (Å²) in [6.45, 7) is 0.263. The van der Waals surface area contributed by atoms with Crippen LogP contribution in [0, 0.1) is 5.82 Å². The molecule has 0 fully saturated rings. The summed E-state index contributed by atoms with van der Waals surface area (Å²) >= 11 is 0. The van der Waals surface area contributed by atoms with Gasteiger partial charge < -0.3 is 19.5 Å². The second-order valence-electron chi connectivity index (χ2n) is 7.38. The highest BCUT2D eigenvalue weighted by molar-refractivity contribution is 7.91. The molecular formula is C25H23FN2O5S. The Balaban J connectivity index is 1.88. The second kappa shape index (κ2) is 9.56. The zero-order valence-electron chi connectivity index (χ0n) is 18.8. The Kier molecular flexibility index (Phi) is 6.56. The van der Waals surface area contributed by atoms with E-state index < -0.39 is 9.84 Å². The molecule has 4 rings (SSSR count). The number of benzene rings is 3. The lowest BCUT2D eigenvalue weighted by atomic mass is 10.1. The number of anilines is 1. The van der Waals surface area contributed by atoms with E-state index in [-0.39, 0.29) is 22.2 Å². The van der Waals surface area contributed by atoms with Crippen molar-refractivity contribution in [1.82, 2.24) is 4.98 Å². The largest absolute Gasteiger partial charge is 0.497 e. The van der Waals surface area contributed by atoms with Crippen molar-refractivity contribution in [3.05, 3.63) is 78.2 Å². The first-order valence-electron chi connectivity index (χ1n) is 10.3. The second-order valence-corrected chi connectivity index (χ2v) is 9.30. The summed E-state index contributed by atoms with van der Waals surface area (Å²) in [4.78, 5) is 4.49. The van der Waals surface area contributed by atoms with Crippen LogP contribution in [0.15, 0.2) is 76.7 Å². The summed E-state index contributed by atoms with van der Waals surface area (Å²) in [5.41, 5.74) is 1.65. The van der Waals surface area contributed by atoms with Crippen molar-refractivity contribution in [2.24, 2.45) is 0 Å². The van der Waals surface area contributed by atoms with Crippen LogP contribution in [0.4, 0.5) is 10.1 Å². The van der Waals surface area contributed by atoms with Gasteiger partial charge in [0.15, 0.2) is 11.5 Å².